The summed E-state index contributed by atoms with van der Waals surface area (Å²) in [4.78, 5) is 2.47. The second kappa shape index (κ2) is 6.80. The molecule has 116 valence electrons. The highest BCUT2D eigenvalue weighted by atomic mass is 16.5. The normalized spacial score (nSPS) is 29.9. The van der Waals surface area contributed by atoms with Crippen molar-refractivity contribution >= 4 is 0 Å². The topological polar surface area (TPSA) is 24.5 Å². The lowest BCUT2D eigenvalue weighted by Crippen LogP contribution is -2.45. The molecule has 0 bridgehead atoms. The van der Waals surface area contributed by atoms with Gasteiger partial charge in [-0.25, -0.2) is 0 Å². The van der Waals surface area contributed by atoms with Crippen LogP contribution in [0.5, 0.6) is 5.75 Å². The third-order valence-corrected chi connectivity index (χ3v) is 5.12. The van der Waals surface area contributed by atoms with Gasteiger partial charge in [-0.1, -0.05) is 12.1 Å². The van der Waals surface area contributed by atoms with E-state index in [0.29, 0.717) is 12.0 Å². The van der Waals surface area contributed by atoms with E-state index in [1.807, 2.05) is 6.07 Å². The summed E-state index contributed by atoms with van der Waals surface area (Å²) in [6, 6.07) is 9.27. The monoisotopic (exact) mass is 288 g/mol. The Hall–Kier alpha value is -1.06. The van der Waals surface area contributed by atoms with E-state index in [1.165, 1.54) is 50.9 Å². The molecule has 1 heterocycles. The van der Waals surface area contributed by atoms with Crippen LogP contribution in [0.25, 0.3) is 0 Å². The minimum atomic E-state index is 0.714. The predicted molar refractivity (Wildman–Crippen MR) is 87.0 cm³/mol. The third-order valence-electron chi connectivity index (χ3n) is 5.12. The van der Waals surface area contributed by atoms with Crippen LogP contribution >= 0.6 is 0 Å². The van der Waals surface area contributed by atoms with Crippen molar-refractivity contribution in [2.45, 2.75) is 37.6 Å². The van der Waals surface area contributed by atoms with Crippen LogP contribution in [0.3, 0.4) is 0 Å². The molecule has 1 aliphatic carbocycles. The number of hydrogen-bond acceptors (Lipinski definition) is 3. The minimum Gasteiger partial charge on any atom is -0.497 e. The zero-order valence-electron chi connectivity index (χ0n) is 13.3. The summed E-state index contributed by atoms with van der Waals surface area (Å²) in [5.74, 6) is 2.54. The Kier molecular flexibility index (Phi) is 4.81. The Morgan fingerprint density at radius 2 is 2.19 bits per heavy atom. The zero-order chi connectivity index (χ0) is 14.7. The Morgan fingerprint density at radius 1 is 1.33 bits per heavy atom. The molecule has 1 aromatic carbocycles. The van der Waals surface area contributed by atoms with Crippen LogP contribution in [0.1, 0.15) is 37.2 Å². The Balaban J connectivity index is 1.41. The maximum atomic E-state index is 5.32. The quantitative estimate of drug-likeness (QED) is 0.901. The molecule has 2 fully saturated rings. The molecule has 21 heavy (non-hydrogen) atoms. The first-order chi connectivity index (χ1) is 10.2. The molecule has 1 unspecified atom stereocenters. The highest BCUT2D eigenvalue weighted by Gasteiger charge is 2.30. The zero-order valence-corrected chi connectivity index (χ0v) is 13.3. The van der Waals surface area contributed by atoms with Gasteiger partial charge in [-0.2, -0.15) is 0 Å². The molecule has 3 nitrogen and oxygen atoms in total. The first-order valence-electron chi connectivity index (χ1n) is 8.30. The van der Waals surface area contributed by atoms with E-state index in [-0.39, 0.29) is 0 Å². The van der Waals surface area contributed by atoms with Crippen LogP contribution in [-0.2, 0) is 0 Å². The number of methoxy groups -OCH3 is 1. The number of piperidine rings is 1. The van der Waals surface area contributed by atoms with Gasteiger partial charge >= 0.3 is 0 Å². The molecule has 1 saturated heterocycles. The lowest BCUT2D eigenvalue weighted by molar-refractivity contribution is 0.190. The van der Waals surface area contributed by atoms with Gasteiger partial charge in [-0.15, -0.1) is 0 Å². The summed E-state index contributed by atoms with van der Waals surface area (Å²) in [6.07, 6.45) is 5.30. The summed E-state index contributed by atoms with van der Waals surface area (Å²) in [7, 11) is 3.99. The van der Waals surface area contributed by atoms with Crippen LogP contribution in [-0.4, -0.2) is 44.7 Å². The smallest absolute Gasteiger partial charge is 0.119 e. The molecule has 0 aromatic heterocycles. The number of likely N-dealkylation sites (tertiary alicyclic amines) is 1. The van der Waals surface area contributed by atoms with Gasteiger partial charge in [-0.3, -0.25) is 0 Å². The van der Waals surface area contributed by atoms with Crippen molar-refractivity contribution in [1.82, 2.24) is 10.2 Å². The fourth-order valence-corrected chi connectivity index (χ4v) is 3.73. The van der Waals surface area contributed by atoms with Gasteiger partial charge in [0, 0.05) is 12.6 Å². The van der Waals surface area contributed by atoms with Gasteiger partial charge in [-0.05, 0) is 75.4 Å². The first kappa shape index (κ1) is 14.9. The molecule has 3 heteroatoms. The average molecular weight is 288 g/mol. The van der Waals surface area contributed by atoms with Crippen LogP contribution in [0, 0.1) is 5.92 Å². The molecule has 2 aliphatic rings. The average Bonchev–Trinajstić information content (AvgIpc) is 2.46. The second-order valence-corrected chi connectivity index (χ2v) is 6.82. The molecule has 0 spiro atoms. The summed E-state index contributed by atoms with van der Waals surface area (Å²) in [5.41, 5.74) is 1.43. The molecule has 0 radical (unpaired) electrons. The van der Waals surface area contributed by atoms with Crippen LogP contribution in [0.2, 0.25) is 0 Å². The fraction of sp³-hybridized carbons (Fsp3) is 0.667. The van der Waals surface area contributed by atoms with Crippen molar-refractivity contribution in [3.8, 4) is 5.75 Å². The fourth-order valence-electron chi connectivity index (χ4n) is 3.73. The maximum Gasteiger partial charge on any atom is 0.119 e. The number of rotatable bonds is 5. The highest BCUT2D eigenvalue weighted by molar-refractivity contribution is 5.32. The molecule has 1 saturated carbocycles. The van der Waals surface area contributed by atoms with E-state index in [0.717, 1.165) is 11.7 Å². The first-order valence-corrected chi connectivity index (χ1v) is 8.30. The SMILES string of the molecule is COc1cccc(C2CC(NCC3CCCN(C)C3)C2)c1. The molecule has 3 rings (SSSR count). The summed E-state index contributed by atoms with van der Waals surface area (Å²) < 4.78 is 5.32. The van der Waals surface area contributed by atoms with Crippen molar-refractivity contribution in [2.75, 3.05) is 33.8 Å². The second-order valence-electron chi connectivity index (χ2n) is 6.82. The van der Waals surface area contributed by atoms with Gasteiger partial charge in [0.15, 0.2) is 0 Å². The summed E-state index contributed by atoms with van der Waals surface area (Å²) >= 11 is 0. The Bertz CT molecular complexity index is 456. The predicted octanol–water partition coefficient (Wildman–Crippen LogP) is 2.87. The van der Waals surface area contributed by atoms with Crippen molar-refractivity contribution in [2.24, 2.45) is 5.92 Å². The third kappa shape index (κ3) is 3.78. The van der Waals surface area contributed by atoms with E-state index in [4.69, 9.17) is 4.74 Å². The summed E-state index contributed by atoms with van der Waals surface area (Å²) in [6.45, 7) is 3.73. The lowest BCUT2D eigenvalue weighted by Gasteiger charge is -2.38. The van der Waals surface area contributed by atoms with Crippen molar-refractivity contribution < 1.29 is 4.74 Å². The van der Waals surface area contributed by atoms with Crippen molar-refractivity contribution in [3.63, 3.8) is 0 Å². The standard InChI is InChI=1S/C18H28N2O/c1-20-8-4-5-14(13-20)12-19-17-9-16(10-17)15-6-3-7-18(11-15)21-2/h3,6-7,11,14,16-17,19H,4-5,8-10,12-13H2,1-2H3. The van der Waals surface area contributed by atoms with Gasteiger partial charge in [0.05, 0.1) is 7.11 Å². The van der Waals surface area contributed by atoms with Crippen LogP contribution in [0.4, 0.5) is 0 Å². The number of hydrogen-bond donors (Lipinski definition) is 1. The molecule has 1 aliphatic heterocycles. The van der Waals surface area contributed by atoms with Crippen molar-refractivity contribution in [1.29, 1.82) is 0 Å². The number of nitrogens with zero attached hydrogens (tertiary/aromatic N) is 1. The summed E-state index contributed by atoms with van der Waals surface area (Å²) in [5, 5.41) is 3.78. The molecular weight excluding hydrogens is 260 g/mol. The van der Waals surface area contributed by atoms with E-state index in [9.17, 15) is 0 Å². The van der Waals surface area contributed by atoms with Crippen molar-refractivity contribution in [3.05, 3.63) is 29.8 Å². The van der Waals surface area contributed by atoms with E-state index in [2.05, 4.69) is 35.5 Å². The van der Waals surface area contributed by atoms with E-state index in [1.54, 1.807) is 7.11 Å². The van der Waals surface area contributed by atoms with Gasteiger partial charge in [0.2, 0.25) is 0 Å². The number of ether oxygens (including phenoxy) is 1. The number of benzene rings is 1. The van der Waals surface area contributed by atoms with E-state index < -0.39 is 0 Å². The minimum absolute atomic E-state index is 0.714. The van der Waals surface area contributed by atoms with Crippen LogP contribution < -0.4 is 10.1 Å². The number of nitrogens with one attached hydrogen (secondary N) is 1. The maximum absolute atomic E-state index is 5.32. The van der Waals surface area contributed by atoms with Gasteiger partial charge < -0.3 is 15.0 Å². The molecular formula is C18H28N2O. The Morgan fingerprint density at radius 3 is 2.95 bits per heavy atom. The lowest BCUT2D eigenvalue weighted by atomic mass is 9.75. The largest absolute Gasteiger partial charge is 0.497 e. The van der Waals surface area contributed by atoms with Crippen LogP contribution in [0.15, 0.2) is 24.3 Å². The molecule has 1 N–H and O–H groups in total. The molecule has 0 amide bonds. The van der Waals surface area contributed by atoms with Gasteiger partial charge in [0.25, 0.3) is 0 Å². The molecule has 1 atom stereocenters. The van der Waals surface area contributed by atoms with E-state index >= 15 is 0 Å². The molecule has 1 aromatic rings. The van der Waals surface area contributed by atoms with Gasteiger partial charge in [0.1, 0.15) is 5.75 Å². The Labute approximate surface area is 128 Å². The highest BCUT2D eigenvalue weighted by Crippen LogP contribution is 2.38.